The first-order valence-corrected chi connectivity index (χ1v) is 10.8. The van der Waals surface area contributed by atoms with Gasteiger partial charge in [0.15, 0.2) is 0 Å². The van der Waals surface area contributed by atoms with E-state index in [4.69, 9.17) is 4.74 Å². The molecule has 4 atom stereocenters. The number of anilines is 1. The summed E-state index contributed by atoms with van der Waals surface area (Å²) in [4.78, 5) is 12.5. The molecule has 0 radical (unpaired) electrons. The Kier molecular flexibility index (Phi) is 5.99. The lowest BCUT2D eigenvalue weighted by Gasteiger charge is -2.20. The van der Waals surface area contributed by atoms with Crippen LogP contribution in [-0.4, -0.2) is 34.1 Å². The van der Waals surface area contributed by atoms with Crippen LogP contribution in [0.3, 0.4) is 0 Å². The molecule has 2 aliphatic rings. The maximum atomic E-state index is 12.3. The Balaban J connectivity index is 1.54. The Morgan fingerprint density at radius 3 is 2.54 bits per heavy atom. The molecule has 26 heavy (non-hydrogen) atoms. The number of nitrogens with one attached hydrogen (secondary N) is 2. The third-order valence-electron chi connectivity index (χ3n) is 5.55. The van der Waals surface area contributed by atoms with Crippen molar-refractivity contribution in [3.63, 3.8) is 0 Å². The first kappa shape index (κ1) is 19.3. The number of ether oxygens (including phenoxy) is 1. The number of hydrogen-bond donors (Lipinski definition) is 2. The molecule has 3 rings (SSSR count). The van der Waals surface area contributed by atoms with Crippen LogP contribution in [0.5, 0.6) is 0 Å². The number of sulfonamides is 1. The fraction of sp³-hybridized carbons (Fsp3) is 0.632. The summed E-state index contributed by atoms with van der Waals surface area (Å²) in [5.74, 6) is 2.08. The van der Waals surface area contributed by atoms with E-state index in [1.54, 1.807) is 19.1 Å². The van der Waals surface area contributed by atoms with Gasteiger partial charge >= 0.3 is 0 Å². The fourth-order valence-electron chi connectivity index (χ4n) is 4.41. The molecule has 6 nitrogen and oxygen atoms in total. The van der Waals surface area contributed by atoms with E-state index in [0.29, 0.717) is 24.6 Å². The van der Waals surface area contributed by atoms with Gasteiger partial charge in [-0.3, -0.25) is 4.79 Å². The van der Waals surface area contributed by atoms with Gasteiger partial charge in [0.1, 0.15) is 0 Å². The minimum absolute atomic E-state index is 0.0185. The predicted octanol–water partition coefficient (Wildman–Crippen LogP) is 2.76. The Labute approximate surface area is 155 Å². The zero-order chi connectivity index (χ0) is 18.7. The molecule has 1 amide bonds. The highest BCUT2D eigenvalue weighted by molar-refractivity contribution is 7.89. The third-order valence-corrected chi connectivity index (χ3v) is 7.16. The van der Waals surface area contributed by atoms with Gasteiger partial charge in [0.05, 0.1) is 11.5 Å². The van der Waals surface area contributed by atoms with Crippen molar-refractivity contribution in [3.8, 4) is 0 Å². The Hall–Kier alpha value is -1.44. The highest BCUT2D eigenvalue weighted by atomic mass is 32.2. The number of hydrogen-bond acceptors (Lipinski definition) is 4. The molecule has 2 N–H and O–H groups in total. The Morgan fingerprint density at radius 2 is 1.96 bits per heavy atom. The Morgan fingerprint density at radius 1 is 1.23 bits per heavy atom. The van der Waals surface area contributed by atoms with Gasteiger partial charge in [0, 0.05) is 25.3 Å². The van der Waals surface area contributed by atoms with Crippen LogP contribution in [0.2, 0.25) is 0 Å². The van der Waals surface area contributed by atoms with E-state index in [2.05, 4.69) is 10.0 Å². The number of carbonyl (C=O) groups excluding carboxylic acids is 1. The number of methoxy groups -OCH3 is 1. The maximum absolute atomic E-state index is 12.3. The van der Waals surface area contributed by atoms with Crippen molar-refractivity contribution in [3.05, 3.63) is 24.3 Å². The van der Waals surface area contributed by atoms with Crippen LogP contribution >= 0.6 is 0 Å². The van der Waals surface area contributed by atoms with E-state index >= 15 is 0 Å². The smallest absolute Gasteiger partial charge is 0.240 e. The molecule has 0 aliphatic heterocycles. The van der Waals surface area contributed by atoms with Crippen molar-refractivity contribution in [1.29, 1.82) is 0 Å². The van der Waals surface area contributed by atoms with Crippen LogP contribution in [-0.2, 0) is 19.6 Å². The quantitative estimate of drug-likeness (QED) is 0.726. The summed E-state index contributed by atoms with van der Waals surface area (Å²) in [6, 6.07) is 5.97. The molecule has 2 saturated carbocycles. The van der Waals surface area contributed by atoms with E-state index in [9.17, 15) is 13.2 Å². The van der Waals surface area contributed by atoms with E-state index < -0.39 is 10.0 Å². The van der Waals surface area contributed by atoms with Gasteiger partial charge in [-0.1, -0.05) is 6.42 Å². The molecule has 0 heterocycles. The lowest BCUT2D eigenvalue weighted by molar-refractivity contribution is -0.117. The molecule has 2 bridgehead atoms. The molecular weight excluding hydrogens is 352 g/mol. The monoisotopic (exact) mass is 380 g/mol. The van der Waals surface area contributed by atoms with E-state index in [1.165, 1.54) is 44.9 Å². The second kappa shape index (κ2) is 8.06. The average Bonchev–Trinajstić information content (AvgIpc) is 3.17. The van der Waals surface area contributed by atoms with Gasteiger partial charge in [0.2, 0.25) is 15.9 Å². The molecule has 4 unspecified atom stereocenters. The van der Waals surface area contributed by atoms with Gasteiger partial charge in [-0.05, 0) is 68.2 Å². The molecule has 144 valence electrons. The molecule has 1 aromatic carbocycles. The highest BCUT2D eigenvalue weighted by Crippen LogP contribution is 2.49. The molecular formula is C19H28N2O4S. The van der Waals surface area contributed by atoms with Crippen molar-refractivity contribution < 1.29 is 17.9 Å². The van der Waals surface area contributed by atoms with E-state index in [1.807, 2.05) is 0 Å². The van der Waals surface area contributed by atoms with Crippen LogP contribution in [0.1, 0.15) is 39.0 Å². The molecule has 7 heteroatoms. The van der Waals surface area contributed by atoms with Crippen molar-refractivity contribution in [1.82, 2.24) is 4.72 Å². The number of carbonyl (C=O) groups is 1. The maximum Gasteiger partial charge on any atom is 0.240 e. The van der Waals surface area contributed by atoms with Crippen molar-refractivity contribution >= 4 is 21.6 Å². The molecule has 1 aromatic rings. The van der Waals surface area contributed by atoms with Crippen LogP contribution in [0, 0.1) is 17.8 Å². The second-order valence-electron chi connectivity index (χ2n) is 7.69. The van der Waals surface area contributed by atoms with Gasteiger partial charge in [-0.15, -0.1) is 0 Å². The summed E-state index contributed by atoms with van der Waals surface area (Å²) in [5, 5.41) is 2.89. The topological polar surface area (TPSA) is 84.5 Å². The molecule has 0 spiro atoms. The minimum atomic E-state index is -3.59. The largest absolute Gasteiger partial charge is 0.383 e. The van der Waals surface area contributed by atoms with Crippen molar-refractivity contribution in [2.24, 2.45) is 17.8 Å². The summed E-state index contributed by atoms with van der Waals surface area (Å²) < 4.78 is 32.1. The zero-order valence-corrected chi connectivity index (χ0v) is 16.2. The van der Waals surface area contributed by atoms with Gasteiger partial charge < -0.3 is 10.1 Å². The lowest BCUT2D eigenvalue weighted by atomic mass is 9.86. The molecule has 0 saturated heterocycles. The lowest BCUT2D eigenvalue weighted by Crippen LogP contribution is -2.35. The van der Waals surface area contributed by atoms with Gasteiger partial charge in [0.25, 0.3) is 0 Å². The number of fused-ring (bicyclic) bond motifs is 2. The number of rotatable bonds is 8. The molecule has 0 aromatic heterocycles. The highest BCUT2D eigenvalue weighted by Gasteiger charge is 2.40. The average molecular weight is 381 g/mol. The third kappa shape index (κ3) is 4.64. The first-order valence-electron chi connectivity index (χ1n) is 9.28. The zero-order valence-electron chi connectivity index (χ0n) is 15.4. The number of benzene rings is 1. The fourth-order valence-corrected chi connectivity index (χ4v) is 5.64. The summed E-state index contributed by atoms with van der Waals surface area (Å²) in [7, 11) is -2.07. The molecule has 2 fully saturated rings. The van der Waals surface area contributed by atoms with Crippen LogP contribution in [0.25, 0.3) is 0 Å². The van der Waals surface area contributed by atoms with Crippen LogP contribution < -0.4 is 10.0 Å². The SMILES string of the molecule is COCC(C)NS(=O)(=O)c1ccc(NC(=O)CC2CC3CCC2C3)cc1. The minimum Gasteiger partial charge on any atom is -0.383 e. The van der Waals surface area contributed by atoms with Crippen LogP contribution in [0.15, 0.2) is 29.2 Å². The number of amides is 1. The normalized spacial score (nSPS) is 26.0. The van der Waals surface area contributed by atoms with E-state index in [-0.39, 0.29) is 16.8 Å². The predicted molar refractivity (Wildman–Crippen MR) is 100 cm³/mol. The van der Waals surface area contributed by atoms with Crippen molar-refractivity contribution in [2.45, 2.75) is 50.0 Å². The van der Waals surface area contributed by atoms with Gasteiger partial charge in [-0.25, -0.2) is 13.1 Å². The first-order chi connectivity index (χ1) is 12.4. The summed E-state index contributed by atoms with van der Waals surface area (Å²) in [6.07, 6.45) is 5.64. The second-order valence-corrected chi connectivity index (χ2v) is 9.40. The summed E-state index contributed by atoms with van der Waals surface area (Å²) >= 11 is 0. The summed E-state index contributed by atoms with van der Waals surface area (Å²) in [5.41, 5.74) is 0.627. The summed E-state index contributed by atoms with van der Waals surface area (Å²) in [6.45, 7) is 2.04. The van der Waals surface area contributed by atoms with Gasteiger partial charge in [-0.2, -0.15) is 0 Å². The standard InChI is InChI=1S/C19H28N2O4S/c1-13(12-25-2)21-26(23,24)18-7-5-17(6-8-18)20-19(22)11-16-10-14-3-4-15(16)9-14/h5-8,13-16,21H,3-4,9-12H2,1-2H3,(H,20,22). The van der Waals surface area contributed by atoms with Crippen molar-refractivity contribution in [2.75, 3.05) is 19.0 Å². The van der Waals surface area contributed by atoms with E-state index in [0.717, 1.165) is 11.8 Å². The Bertz CT molecular complexity index is 732. The van der Waals surface area contributed by atoms with Crippen LogP contribution in [0.4, 0.5) is 5.69 Å². The molecule has 2 aliphatic carbocycles.